The zero-order chi connectivity index (χ0) is 13.8. The van der Waals surface area contributed by atoms with Crippen LogP contribution in [0.2, 0.25) is 0 Å². The summed E-state index contributed by atoms with van der Waals surface area (Å²) in [6.45, 7) is 0. The van der Waals surface area contributed by atoms with Crippen LogP contribution in [0.15, 0.2) is 46.9 Å². The van der Waals surface area contributed by atoms with E-state index in [-0.39, 0.29) is 0 Å². The molecule has 98 valence electrons. The quantitative estimate of drug-likeness (QED) is 0.833. The predicted octanol–water partition coefficient (Wildman–Crippen LogP) is 3.84. The molecule has 0 unspecified atom stereocenters. The third-order valence-electron chi connectivity index (χ3n) is 2.61. The lowest BCUT2D eigenvalue weighted by Gasteiger charge is -2.13. The van der Waals surface area contributed by atoms with Crippen molar-refractivity contribution < 1.29 is 4.74 Å². The van der Waals surface area contributed by atoms with E-state index in [4.69, 9.17) is 22.7 Å². The number of hydrogen-bond donors (Lipinski definition) is 2. The molecule has 0 aliphatic carbocycles. The number of ether oxygens (including phenoxy) is 1. The molecule has 3 N–H and O–H groups in total. The van der Waals surface area contributed by atoms with Crippen molar-refractivity contribution in [3.63, 3.8) is 0 Å². The van der Waals surface area contributed by atoms with Gasteiger partial charge in [0.15, 0.2) is 0 Å². The van der Waals surface area contributed by atoms with Gasteiger partial charge in [0, 0.05) is 27.5 Å². The van der Waals surface area contributed by atoms with E-state index in [1.807, 2.05) is 42.5 Å². The minimum absolute atomic E-state index is 0.345. The first kappa shape index (κ1) is 13.8. The Kier molecular flexibility index (Phi) is 4.39. The second-order valence-electron chi connectivity index (χ2n) is 3.88. The zero-order valence-corrected chi connectivity index (χ0v) is 12.7. The molecule has 0 spiro atoms. The number of methoxy groups -OCH3 is 1. The largest absolute Gasteiger partial charge is 0.497 e. The van der Waals surface area contributed by atoms with E-state index < -0.39 is 0 Å². The van der Waals surface area contributed by atoms with Crippen LogP contribution < -0.4 is 15.8 Å². The minimum atomic E-state index is 0.345. The first-order chi connectivity index (χ1) is 9.11. The number of nitrogens with two attached hydrogens (primary N) is 1. The Balaban J connectivity index is 2.38. The van der Waals surface area contributed by atoms with Crippen molar-refractivity contribution in [3.05, 3.63) is 52.5 Å². The highest BCUT2D eigenvalue weighted by atomic mass is 79.9. The molecule has 0 saturated carbocycles. The molecule has 0 amide bonds. The second-order valence-corrected chi connectivity index (χ2v) is 5.18. The zero-order valence-electron chi connectivity index (χ0n) is 10.3. The lowest BCUT2D eigenvalue weighted by Crippen LogP contribution is -2.12. The lowest BCUT2D eigenvalue weighted by atomic mass is 10.1. The first-order valence-corrected chi connectivity index (χ1v) is 6.81. The van der Waals surface area contributed by atoms with Crippen molar-refractivity contribution in [3.8, 4) is 5.75 Å². The van der Waals surface area contributed by atoms with Gasteiger partial charge in [-0.2, -0.15) is 0 Å². The molecule has 0 heterocycles. The lowest BCUT2D eigenvalue weighted by molar-refractivity contribution is 0.415. The third kappa shape index (κ3) is 3.24. The van der Waals surface area contributed by atoms with Crippen LogP contribution in [-0.2, 0) is 0 Å². The van der Waals surface area contributed by atoms with Crippen LogP contribution in [0, 0.1) is 0 Å². The van der Waals surface area contributed by atoms with E-state index >= 15 is 0 Å². The molecule has 0 aromatic heterocycles. The summed E-state index contributed by atoms with van der Waals surface area (Å²) in [7, 11) is 1.64. The van der Waals surface area contributed by atoms with Crippen molar-refractivity contribution in [2.24, 2.45) is 5.73 Å². The maximum atomic E-state index is 5.76. The Morgan fingerprint density at radius 2 is 2.00 bits per heavy atom. The van der Waals surface area contributed by atoms with Crippen LogP contribution in [0.5, 0.6) is 5.75 Å². The Labute approximate surface area is 125 Å². The summed E-state index contributed by atoms with van der Waals surface area (Å²) in [5.41, 5.74) is 8.32. The van der Waals surface area contributed by atoms with Crippen molar-refractivity contribution in [1.82, 2.24) is 0 Å². The first-order valence-electron chi connectivity index (χ1n) is 5.61. The highest BCUT2D eigenvalue weighted by Gasteiger charge is 2.09. The van der Waals surface area contributed by atoms with Crippen LogP contribution in [0.25, 0.3) is 0 Å². The molecule has 0 radical (unpaired) electrons. The SMILES string of the molecule is COc1cccc(Nc2cccc(Br)c2C(N)=S)c1. The fraction of sp³-hybridized carbons (Fsp3) is 0.0714. The van der Waals surface area contributed by atoms with Gasteiger partial charge < -0.3 is 15.8 Å². The average molecular weight is 337 g/mol. The molecule has 3 nitrogen and oxygen atoms in total. The Hall–Kier alpha value is -1.59. The summed E-state index contributed by atoms with van der Waals surface area (Å²) in [5, 5.41) is 3.29. The van der Waals surface area contributed by atoms with Gasteiger partial charge in [-0.05, 0) is 40.2 Å². The van der Waals surface area contributed by atoms with Gasteiger partial charge in [0.1, 0.15) is 10.7 Å². The number of benzene rings is 2. The molecular formula is C14H13BrN2OS. The Morgan fingerprint density at radius 1 is 1.26 bits per heavy atom. The van der Waals surface area contributed by atoms with Crippen molar-refractivity contribution in [1.29, 1.82) is 0 Å². The average Bonchev–Trinajstić information content (AvgIpc) is 2.38. The van der Waals surface area contributed by atoms with Gasteiger partial charge in [0.25, 0.3) is 0 Å². The Morgan fingerprint density at radius 3 is 2.68 bits per heavy atom. The number of nitrogens with one attached hydrogen (secondary N) is 1. The van der Waals surface area contributed by atoms with Gasteiger partial charge in [-0.3, -0.25) is 0 Å². The summed E-state index contributed by atoms with van der Waals surface area (Å²) in [4.78, 5) is 0.345. The van der Waals surface area contributed by atoms with E-state index in [0.29, 0.717) is 4.99 Å². The standard InChI is InChI=1S/C14H13BrN2OS/c1-18-10-5-2-4-9(8-10)17-12-7-3-6-11(15)13(12)14(16)19/h2-8,17H,1H3,(H2,16,19). The van der Waals surface area contributed by atoms with Crippen LogP contribution >= 0.6 is 28.1 Å². The van der Waals surface area contributed by atoms with Gasteiger partial charge in [0.2, 0.25) is 0 Å². The summed E-state index contributed by atoms with van der Waals surface area (Å²) in [6.07, 6.45) is 0. The van der Waals surface area contributed by atoms with Crippen LogP contribution in [0.4, 0.5) is 11.4 Å². The number of hydrogen-bond acceptors (Lipinski definition) is 3. The maximum absolute atomic E-state index is 5.76. The van der Waals surface area contributed by atoms with Crippen LogP contribution in [-0.4, -0.2) is 12.1 Å². The highest BCUT2D eigenvalue weighted by Crippen LogP contribution is 2.28. The van der Waals surface area contributed by atoms with E-state index in [2.05, 4.69) is 21.2 Å². The summed E-state index contributed by atoms with van der Waals surface area (Å²) in [6, 6.07) is 13.4. The molecule has 2 aromatic carbocycles. The number of halogens is 1. The van der Waals surface area contributed by atoms with Gasteiger partial charge in [-0.15, -0.1) is 0 Å². The molecule has 0 fully saturated rings. The minimum Gasteiger partial charge on any atom is -0.497 e. The monoisotopic (exact) mass is 336 g/mol. The third-order valence-corrected chi connectivity index (χ3v) is 3.47. The molecule has 0 bridgehead atoms. The fourth-order valence-corrected chi connectivity index (χ4v) is 2.67. The molecular weight excluding hydrogens is 324 g/mol. The van der Waals surface area contributed by atoms with Gasteiger partial charge in [-0.1, -0.05) is 24.4 Å². The number of thiocarbonyl (C=S) groups is 1. The number of anilines is 2. The summed E-state index contributed by atoms with van der Waals surface area (Å²) < 4.78 is 6.06. The smallest absolute Gasteiger partial charge is 0.120 e. The van der Waals surface area contributed by atoms with E-state index in [1.54, 1.807) is 7.11 Å². The highest BCUT2D eigenvalue weighted by molar-refractivity contribution is 9.10. The van der Waals surface area contributed by atoms with Crippen molar-refractivity contribution >= 4 is 44.5 Å². The molecule has 2 rings (SSSR count). The van der Waals surface area contributed by atoms with E-state index in [1.165, 1.54) is 0 Å². The molecule has 0 saturated heterocycles. The van der Waals surface area contributed by atoms with E-state index in [0.717, 1.165) is 27.2 Å². The maximum Gasteiger partial charge on any atom is 0.120 e. The van der Waals surface area contributed by atoms with E-state index in [9.17, 15) is 0 Å². The van der Waals surface area contributed by atoms with Gasteiger partial charge in [-0.25, -0.2) is 0 Å². The normalized spacial score (nSPS) is 10.0. The van der Waals surface area contributed by atoms with Gasteiger partial charge in [0.05, 0.1) is 7.11 Å². The van der Waals surface area contributed by atoms with Crippen LogP contribution in [0.1, 0.15) is 5.56 Å². The second kappa shape index (κ2) is 6.04. The topological polar surface area (TPSA) is 47.3 Å². The molecule has 0 aliphatic rings. The van der Waals surface area contributed by atoms with Crippen molar-refractivity contribution in [2.45, 2.75) is 0 Å². The molecule has 0 atom stereocenters. The molecule has 0 aliphatic heterocycles. The number of rotatable bonds is 4. The predicted molar refractivity (Wildman–Crippen MR) is 86.3 cm³/mol. The van der Waals surface area contributed by atoms with Crippen LogP contribution in [0.3, 0.4) is 0 Å². The van der Waals surface area contributed by atoms with Crippen molar-refractivity contribution in [2.75, 3.05) is 12.4 Å². The Bertz CT molecular complexity index is 616. The molecule has 19 heavy (non-hydrogen) atoms. The fourth-order valence-electron chi connectivity index (χ4n) is 1.74. The molecule has 5 heteroatoms. The van der Waals surface area contributed by atoms with Gasteiger partial charge >= 0.3 is 0 Å². The summed E-state index contributed by atoms with van der Waals surface area (Å²) in [5.74, 6) is 0.789. The molecule has 2 aromatic rings. The summed E-state index contributed by atoms with van der Waals surface area (Å²) >= 11 is 8.54.